The summed E-state index contributed by atoms with van der Waals surface area (Å²) in [5.41, 5.74) is -0.104. The zero-order valence-corrected chi connectivity index (χ0v) is 6.07. The third-order valence-corrected chi connectivity index (χ3v) is 1.10. The van der Waals surface area contributed by atoms with Gasteiger partial charge in [0, 0.05) is 13.3 Å². The average Bonchev–Trinajstić information content (AvgIpc) is 1.87. The van der Waals surface area contributed by atoms with E-state index < -0.39 is 11.8 Å². The summed E-state index contributed by atoms with van der Waals surface area (Å²) in [5.74, 6) is -1.43. The summed E-state index contributed by atoms with van der Waals surface area (Å²) in [6.45, 7) is 1.22. The van der Waals surface area contributed by atoms with Gasteiger partial charge in [0.1, 0.15) is 5.71 Å². The zero-order valence-electron chi connectivity index (χ0n) is 6.07. The SMILES string of the molecule is CC(=O)C(CCC(=O)O)=NO. The Balaban J connectivity index is 3.92. The van der Waals surface area contributed by atoms with Gasteiger partial charge in [-0.2, -0.15) is 0 Å². The van der Waals surface area contributed by atoms with Crippen LogP contribution in [0.5, 0.6) is 0 Å². The fraction of sp³-hybridized carbons (Fsp3) is 0.500. The lowest BCUT2D eigenvalue weighted by molar-refractivity contribution is -0.136. The molecule has 0 atom stereocenters. The highest BCUT2D eigenvalue weighted by atomic mass is 16.4. The minimum absolute atomic E-state index is 0.0266. The molecule has 0 aliphatic rings. The molecule has 0 rings (SSSR count). The molecule has 0 spiro atoms. The van der Waals surface area contributed by atoms with Crippen LogP contribution in [-0.2, 0) is 9.59 Å². The molecule has 0 amide bonds. The second kappa shape index (κ2) is 4.43. The van der Waals surface area contributed by atoms with Crippen LogP contribution < -0.4 is 0 Å². The summed E-state index contributed by atoms with van der Waals surface area (Å²) < 4.78 is 0. The van der Waals surface area contributed by atoms with E-state index in [1.807, 2.05) is 0 Å². The van der Waals surface area contributed by atoms with E-state index in [1.54, 1.807) is 0 Å². The van der Waals surface area contributed by atoms with Crippen molar-refractivity contribution in [2.45, 2.75) is 19.8 Å². The van der Waals surface area contributed by atoms with Crippen molar-refractivity contribution in [1.82, 2.24) is 0 Å². The molecule has 0 bridgehead atoms. The molecule has 0 aliphatic heterocycles. The second-order valence-corrected chi connectivity index (χ2v) is 2.00. The summed E-state index contributed by atoms with van der Waals surface area (Å²) in [6.07, 6.45) is -0.222. The molecule has 0 saturated heterocycles. The highest BCUT2D eigenvalue weighted by Crippen LogP contribution is 1.94. The van der Waals surface area contributed by atoms with Gasteiger partial charge in [-0.3, -0.25) is 9.59 Å². The number of nitrogens with zero attached hydrogens (tertiary/aromatic N) is 1. The Bertz CT molecular complexity index is 197. The predicted octanol–water partition coefficient (Wildman–Crippen LogP) is 0.270. The number of Topliss-reactive ketones (excluding diaryl/α,β-unsaturated/α-hetero) is 1. The van der Waals surface area contributed by atoms with Gasteiger partial charge >= 0.3 is 5.97 Å². The van der Waals surface area contributed by atoms with Gasteiger partial charge in [-0.15, -0.1) is 0 Å². The third-order valence-electron chi connectivity index (χ3n) is 1.10. The summed E-state index contributed by atoms with van der Waals surface area (Å²) >= 11 is 0. The van der Waals surface area contributed by atoms with Crippen LogP contribution >= 0.6 is 0 Å². The topological polar surface area (TPSA) is 87.0 Å². The fourth-order valence-electron chi connectivity index (χ4n) is 0.522. The highest BCUT2D eigenvalue weighted by Gasteiger charge is 2.08. The van der Waals surface area contributed by atoms with Crippen molar-refractivity contribution < 1.29 is 19.9 Å². The van der Waals surface area contributed by atoms with Gasteiger partial charge in [0.15, 0.2) is 5.78 Å². The molecule has 0 aromatic heterocycles. The number of rotatable bonds is 4. The maximum Gasteiger partial charge on any atom is 0.303 e. The van der Waals surface area contributed by atoms with Gasteiger partial charge < -0.3 is 10.3 Å². The molecule has 0 saturated carbocycles. The Kier molecular flexibility index (Phi) is 3.87. The van der Waals surface area contributed by atoms with E-state index in [1.165, 1.54) is 6.92 Å². The minimum Gasteiger partial charge on any atom is -0.481 e. The standard InChI is InChI=1S/C6H9NO4/c1-4(8)5(7-11)2-3-6(9)10/h11H,2-3H2,1H3,(H,9,10). The molecule has 5 nitrogen and oxygen atoms in total. The van der Waals surface area contributed by atoms with Gasteiger partial charge in [-0.05, 0) is 0 Å². The van der Waals surface area contributed by atoms with Crippen LogP contribution in [-0.4, -0.2) is 27.8 Å². The number of hydrogen-bond acceptors (Lipinski definition) is 4. The number of carboxylic acids is 1. The fourth-order valence-corrected chi connectivity index (χ4v) is 0.522. The van der Waals surface area contributed by atoms with Crippen molar-refractivity contribution in [3.63, 3.8) is 0 Å². The van der Waals surface area contributed by atoms with Crippen LogP contribution in [0.15, 0.2) is 5.16 Å². The van der Waals surface area contributed by atoms with Crippen LogP contribution in [0.4, 0.5) is 0 Å². The van der Waals surface area contributed by atoms with Crippen LogP contribution in [0.25, 0.3) is 0 Å². The van der Waals surface area contributed by atoms with Crippen molar-refractivity contribution in [3.05, 3.63) is 0 Å². The third kappa shape index (κ3) is 4.07. The van der Waals surface area contributed by atoms with E-state index in [9.17, 15) is 9.59 Å². The average molecular weight is 159 g/mol. The van der Waals surface area contributed by atoms with E-state index >= 15 is 0 Å². The summed E-state index contributed by atoms with van der Waals surface area (Å²) in [7, 11) is 0. The van der Waals surface area contributed by atoms with Crippen molar-refractivity contribution >= 4 is 17.5 Å². The largest absolute Gasteiger partial charge is 0.481 e. The maximum atomic E-state index is 10.5. The number of oxime groups is 1. The molecule has 0 fully saturated rings. The van der Waals surface area contributed by atoms with Gasteiger partial charge in [-0.25, -0.2) is 0 Å². The smallest absolute Gasteiger partial charge is 0.303 e. The van der Waals surface area contributed by atoms with Crippen molar-refractivity contribution in [3.8, 4) is 0 Å². The number of aliphatic carboxylic acids is 1. The molecule has 0 aliphatic carbocycles. The number of carboxylic acid groups (broad SMARTS) is 1. The second-order valence-electron chi connectivity index (χ2n) is 2.00. The Morgan fingerprint density at radius 1 is 1.36 bits per heavy atom. The number of ketones is 1. The van der Waals surface area contributed by atoms with Crippen molar-refractivity contribution in [2.24, 2.45) is 5.16 Å². The Morgan fingerprint density at radius 2 is 1.91 bits per heavy atom. The first-order valence-corrected chi connectivity index (χ1v) is 3.01. The van der Waals surface area contributed by atoms with E-state index in [0.29, 0.717) is 0 Å². The predicted molar refractivity (Wildman–Crippen MR) is 36.8 cm³/mol. The number of hydrogen-bond donors (Lipinski definition) is 2. The van der Waals surface area contributed by atoms with Gasteiger partial charge in [-0.1, -0.05) is 5.16 Å². The van der Waals surface area contributed by atoms with Gasteiger partial charge in [0.2, 0.25) is 0 Å². The lowest BCUT2D eigenvalue weighted by Gasteiger charge is -1.94. The normalized spacial score (nSPS) is 11.2. The zero-order chi connectivity index (χ0) is 8.85. The molecule has 0 radical (unpaired) electrons. The molecule has 5 heteroatoms. The quantitative estimate of drug-likeness (QED) is 0.350. The summed E-state index contributed by atoms with van der Waals surface area (Å²) in [5, 5.41) is 19.0. The highest BCUT2D eigenvalue weighted by molar-refractivity contribution is 6.38. The van der Waals surface area contributed by atoms with Crippen LogP contribution in [0.3, 0.4) is 0 Å². The van der Waals surface area contributed by atoms with Crippen molar-refractivity contribution in [2.75, 3.05) is 0 Å². The first-order valence-electron chi connectivity index (χ1n) is 3.01. The molecule has 11 heavy (non-hydrogen) atoms. The molecule has 62 valence electrons. The Labute approximate surface area is 63.3 Å². The first kappa shape index (κ1) is 9.61. The molecule has 0 heterocycles. The van der Waals surface area contributed by atoms with Gasteiger partial charge in [0.05, 0.1) is 6.42 Å². The van der Waals surface area contributed by atoms with Gasteiger partial charge in [0.25, 0.3) is 0 Å². The molecule has 0 unspecified atom stereocenters. The summed E-state index contributed by atoms with van der Waals surface area (Å²) in [6, 6.07) is 0. The minimum atomic E-state index is -1.02. The summed E-state index contributed by atoms with van der Waals surface area (Å²) in [4.78, 5) is 20.5. The Hall–Kier alpha value is -1.39. The molecule has 0 aromatic rings. The van der Waals surface area contributed by atoms with Crippen LogP contribution in [0, 0.1) is 0 Å². The number of carbonyl (C=O) groups excluding carboxylic acids is 1. The molecule has 2 N–H and O–H groups in total. The Morgan fingerprint density at radius 3 is 2.18 bits per heavy atom. The van der Waals surface area contributed by atoms with Crippen LogP contribution in [0.2, 0.25) is 0 Å². The monoisotopic (exact) mass is 159 g/mol. The molecular weight excluding hydrogens is 150 g/mol. The molecule has 0 aromatic carbocycles. The van der Waals surface area contributed by atoms with Crippen LogP contribution in [0.1, 0.15) is 19.8 Å². The maximum absolute atomic E-state index is 10.5. The van der Waals surface area contributed by atoms with E-state index in [0.717, 1.165) is 0 Å². The van der Waals surface area contributed by atoms with E-state index in [4.69, 9.17) is 10.3 Å². The molecular formula is C6H9NO4. The number of carbonyl (C=O) groups is 2. The van der Waals surface area contributed by atoms with Crippen molar-refractivity contribution in [1.29, 1.82) is 0 Å². The lowest BCUT2D eigenvalue weighted by Crippen LogP contribution is -2.11. The lowest BCUT2D eigenvalue weighted by atomic mass is 10.1. The first-order chi connectivity index (χ1) is 5.07. The van der Waals surface area contributed by atoms with E-state index in [-0.39, 0.29) is 18.6 Å². The van der Waals surface area contributed by atoms with E-state index in [2.05, 4.69) is 5.16 Å².